The van der Waals surface area contributed by atoms with E-state index >= 15 is 0 Å². The van der Waals surface area contributed by atoms with Gasteiger partial charge < -0.3 is 5.73 Å². The summed E-state index contributed by atoms with van der Waals surface area (Å²) in [6.45, 7) is 2.13. The van der Waals surface area contributed by atoms with Crippen LogP contribution in [0.25, 0.3) is 0 Å². The molecule has 98 valence electrons. The van der Waals surface area contributed by atoms with Gasteiger partial charge in [0.25, 0.3) is 0 Å². The maximum absolute atomic E-state index is 6.09. The van der Waals surface area contributed by atoms with Crippen molar-refractivity contribution in [3.8, 4) is 0 Å². The van der Waals surface area contributed by atoms with Crippen molar-refractivity contribution in [3.05, 3.63) is 58.7 Å². The average Bonchev–Trinajstić information content (AvgIpc) is 2.42. The Bertz CT molecular complexity index is 592. The molecule has 0 fully saturated rings. The summed E-state index contributed by atoms with van der Waals surface area (Å²) in [5, 5.41) is 0. The first-order valence-corrected chi connectivity index (χ1v) is 6.89. The van der Waals surface area contributed by atoms with Gasteiger partial charge in [0.2, 0.25) is 0 Å². The maximum atomic E-state index is 6.09. The summed E-state index contributed by atoms with van der Waals surface area (Å²) < 4.78 is 0. The molecule has 0 amide bonds. The van der Waals surface area contributed by atoms with Crippen LogP contribution in [0.5, 0.6) is 0 Å². The van der Waals surface area contributed by atoms with Crippen LogP contribution >= 0.6 is 0 Å². The normalized spacial score (nSPS) is 18.1. The lowest BCUT2D eigenvalue weighted by Crippen LogP contribution is -2.19. The largest absolute Gasteiger partial charge is 0.324 e. The molecule has 1 atom stereocenters. The van der Waals surface area contributed by atoms with Crippen LogP contribution < -0.4 is 5.73 Å². The monoisotopic (exact) mass is 253 g/mol. The van der Waals surface area contributed by atoms with Crippen molar-refractivity contribution in [2.75, 3.05) is 0 Å². The summed E-state index contributed by atoms with van der Waals surface area (Å²) in [5.74, 6) is 0.905. The van der Waals surface area contributed by atoms with Crippen LogP contribution in [0.4, 0.5) is 0 Å². The van der Waals surface area contributed by atoms with E-state index in [1.807, 2.05) is 6.20 Å². The van der Waals surface area contributed by atoms with E-state index in [1.54, 1.807) is 0 Å². The van der Waals surface area contributed by atoms with Gasteiger partial charge >= 0.3 is 0 Å². The molecule has 1 aliphatic carbocycles. The third-order valence-electron chi connectivity index (χ3n) is 3.89. The number of aromatic nitrogens is 2. The number of nitrogens with two attached hydrogens (primary N) is 1. The van der Waals surface area contributed by atoms with Crippen molar-refractivity contribution in [2.24, 2.45) is 5.73 Å². The highest BCUT2D eigenvalue weighted by molar-refractivity contribution is 5.30. The lowest BCUT2D eigenvalue weighted by atomic mass is 9.93. The van der Waals surface area contributed by atoms with Crippen molar-refractivity contribution in [1.82, 2.24) is 9.97 Å². The second kappa shape index (κ2) is 5.10. The second-order valence-electron chi connectivity index (χ2n) is 5.29. The molecule has 0 spiro atoms. The highest BCUT2D eigenvalue weighted by atomic mass is 14.9. The molecule has 1 heterocycles. The zero-order valence-electron chi connectivity index (χ0n) is 11.3. The highest BCUT2D eigenvalue weighted by Crippen LogP contribution is 2.26. The molecule has 0 saturated heterocycles. The molecule has 3 rings (SSSR count). The van der Waals surface area contributed by atoms with Gasteiger partial charge in [0, 0.05) is 29.9 Å². The first-order chi connectivity index (χ1) is 9.24. The maximum Gasteiger partial charge on any atom is 0.132 e. The molecule has 0 bridgehead atoms. The molecule has 1 aromatic heterocycles. The van der Waals surface area contributed by atoms with E-state index in [1.165, 1.54) is 11.1 Å². The summed E-state index contributed by atoms with van der Waals surface area (Å²) in [5.41, 5.74) is 11.0. The fraction of sp³-hybridized carbons (Fsp3) is 0.375. The highest BCUT2D eigenvalue weighted by Gasteiger charge is 2.18. The van der Waals surface area contributed by atoms with Gasteiger partial charge in [-0.05, 0) is 37.3 Å². The van der Waals surface area contributed by atoms with Crippen LogP contribution in [0.1, 0.15) is 47.1 Å². The fourth-order valence-electron chi connectivity index (χ4n) is 2.69. The molecule has 0 saturated carbocycles. The van der Waals surface area contributed by atoms with E-state index in [2.05, 4.69) is 36.2 Å². The van der Waals surface area contributed by atoms with E-state index in [9.17, 15) is 0 Å². The van der Waals surface area contributed by atoms with E-state index in [-0.39, 0.29) is 6.04 Å². The van der Waals surface area contributed by atoms with Crippen molar-refractivity contribution < 1.29 is 0 Å². The third-order valence-corrected chi connectivity index (χ3v) is 3.89. The Morgan fingerprint density at radius 2 is 2.16 bits per heavy atom. The zero-order valence-corrected chi connectivity index (χ0v) is 11.3. The Balaban J connectivity index is 1.89. The van der Waals surface area contributed by atoms with Gasteiger partial charge in [-0.1, -0.05) is 24.3 Å². The zero-order chi connectivity index (χ0) is 13.2. The molecule has 1 aliphatic rings. The van der Waals surface area contributed by atoms with Gasteiger partial charge in [-0.15, -0.1) is 0 Å². The number of nitrogens with zero attached hydrogens (tertiary/aromatic N) is 2. The van der Waals surface area contributed by atoms with Crippen LogP contribution in [0, 0.1) is 6.92 Å². The number of rotatable bonds is 2. The molecular formula is C16H19N3. The minimum Gasteiger partial charge on any atom is -0.324 e. The molecule has 3 nitrogen and oxygen atoms in total. The van der Waals surface area contributed by atoms with E-state index in [0.717, 1.165) is 42.8 Å². The summed E-state index contributed by atoms with van der Waals surface area (Å²) >= 11 is 0. The van der Waals surface area contributed by atoms with Gasteiger partial charge in [0.1, 0.15) is 5.82 Å². The second-order valence-corrected chi connectivity index (χ2v) is 5.29. The quantitative estimate of drug-likeness (QED) is 0.895. The standard InChI is InChI=1S/C16H19N3/c1-11-5-2-3-6-12(11)9-16-18-10-13-14(17)7-4-8-15(13)19-16/h2-3,5-6,10,14H,4,7-9,17H2,1H3. The molecule has 2 N–H and O–H groups in total. The summed E-state index contributed by atoms with van der Waals surface area (Å²) in [6.07, 6.45) is 5.95. The summed E-state index contributed by atoms with van der Waals surface area (Å²) in [6, 6.07) is 8.52. The average molecular weight is 253 g/mol. The van der Waals surface area contributed by atoms with E-state index in [4.69, 9.17) is 10.7 Å². The Kier molecular flexibility index (Phi) is 3.30. The molecule has 3 heteroatoms. The Hall–Kier alpha value is -1.74. The third kappa shape index (κ3) is 2.51. The fourth-order valence-corrected chi connectivity index (χ4v) is 2.69. The number of fused-ring (bicyclic) bond motifs is 1. The van der Waals surface area contributed by atoms with Gasteiger partial charge in [0.15, 0.2) is 0 Å². The van der Waals surface area contributed by atoms with Crippen molar-refractivity contribution in [2.45, 2.75) is 38.6 Å². The van der Waals surface area contributed by atoms with Gasteiger partial charge in [-0.2, -0.15) is 0 Å². The van der Waals surface area contributed by atoms with Crippen LogP contribution in [0.3, 0.4) is 0 Å². The first kappa shape index (κ1) is 12.3. The van der Waals surface area contributed by atoms with E-state index < -0.39 is 0 Å². The predicted molar refractivity (Wildman–Crippen MR) is 75.9 cm³/mol. The molecule has 0 radical (unpaired) electrons. The molecular weight excluding hydrogens is 234 g/mol. The first-order valence-electron chi connectivity index (χ1n) is 6.89. The lowest BCUT2D eigenvalue weighted by Gasteiger charge is -2.21. The number of hydrogen-bond acceptors (Lipinski definition) is 3. The van der Waals surface area contributed by atoms with Crippen LogP contribution in [-0.2, 0) is 12.8 Å². The minimum atomic E-state index is 0.122. The minimum absolute atomic E-state index is 0.122. The van der Waals surface area contributed by atoms with Crippen molar-refractivity contribution >= 4 is 0 Å². The predicted octanol–water partition coefficient (Wildman–Crippen LogP) is 2.71. The van der Waals surface area contributed by atoms with Crippen LogP contribution in [-0.4, -0.2) is 9.97 Å². The Labute approximate surface area is 113 Å². The molecule has 0 aliphatic heterocycles. The molecule has 19 heavy (non-hydrogen) atoms. The van der Waals surface area contributed by atoms with Crippen LogP contribution in [0.2, 0.25) is 0 Å². The molecule has 1 aromatic carbocycles. The number of aryl methyl sites for hydroxylation is 2. The molecule has 1 unspecified atom stereocenters. The number of benzene rings is 1. The van der Waals surface area contributed by atoms with Gasteiger partial charge in [-0.3, -0.25) is 0 Å². The SMILES string of the molecule is Cc1ccccc1Cc1ncc2c(n1)CCCC2N. The van der Waals surface area contributed by atoms with Crippen molar-refractivity contribution in [1.29, 1.82) is 0 Å². The Morgan fingerprint density at radius 1 is 1.32 bits per heavy atom. The topological polar surface area (TPSA) is 51.8 Å². The number of hydrogen-bond donors (Lipinski definition) is 1. The Morgan fingerprint density at radius 3 is 3.00 bits per heavy atom. The lowest BCUT2D eigenvalue weighted by molar-refractivity contribution is 0.553. The van der Waals surface area contributed by atoms with Gasteiger partial charge in [0.05, 0.1) is 0 Å². The summed E-state index contributed by atoms with van der Waals surface area (Å²) in [4.78, 5) is 9.20. The molecule has 2 aromatic rings. The van der Waals surface area contributed by atoms with Crippen LogP contribution in [0.15, 0.2) is 30.5 Å². The van der Waals surface area contributed by atoms with Gasteiger partial charge in [-0.25, -0.2) is 9.97 Å². The summed E-state index contributed by atoms with van der Waals surface area (Å²) in [7, 11) is 0. The van der Waals surface area contributed by atoms with E-state index in [0.29, 0.717) is 0 Å². The van der Waals surface area contributed by atoms with Crippen molar-refractivity contribution in [3.63, 3.8) is 0 Å². The smallest absolute Gasteiger partial charge is 0.132 e.